The highest BCUT2D eigenvalue weighted by atomic mass is 19.1. The second kappa shape index (κ2) is 7.32. The van der Waals surface area contributed by atoms with Crippen LogP contribution >= 0.6 is 0 Å². The molecule has 1 N–H and O–H groups in total. The topological polar surface area (TPSA) is 54.5 Å². The summed E-state index contributed by atoms with van der Waals surface area (Å²) in [5, 5.41) is 2.76. The minimum atomic E-state index is -0.616. The molecule has 5 nitrogen and oxygen atoms in total. The Hall–Kier alpha value is -2.91. The number of nitrogens with zero attached hydrogens (tertiary/aromatic N) is 2. The summed E-state index contributed by atoms with van der Waals surface area (Å²) in [6, 6.07) is 7.46. The van der Waals surface area contributed by atoms with Crippen molar-refractivity contribution in [3.8, 4) is 11.8 Å². The van der Waals surface area contributed by atoms with E-state index in [2.05, 4.69) is 22.1 Å². The molecule has 1 aliphatic heterocycles. The summed E-state index contributed by atoms with van der Waals surface area (Å²) < 4.78 is 18.9. The molecule has 1 aromatic carbocycles. The van der Waals surface area contributed by atoms with Gasteiger partial charge in [0.2, 0.25) is 0 Å². The molecule has 0 bridgehead atoms. The maximum absolute atomic E-state index is 13.5. The number of rotatable bonds is 3. The molecule has 25 heavy (non-hydrogen) atoms. The number of alkyl carbamates (subject to hydrolysis) is 1. The third-order valence-electron chi connectivity index (χ3n) is 3.73. The number of aromatic nitrogens is 1. The highest BCUT2D eigenvalue weighted by Gasteiger charge is 2.36. The van der Waals surface area contributed by atoms with Gasteiger partial charge in [0.25, 0.3) is 0 Å². The Labute approximate surface area is 145 Å². The van der Waals surface area contributed by atoms with Gasteiger partial charge in [0.05, 0.1) is 6.54 Å². The molecule has 0 spiro atoms. The van der Waals surface area contributed by atoms with Crippen LogP contribution in [-0.2, 0) is 4.74 Å². The number of ether oxygens (including phenoxy) is 1. The van der Waals surface area contributed by atoms with Crippen LogP contribution in [0.1, 0.15) is 28.8 Å². The van der Waals surface area contributed by atoms with Crippen LogP contribution in [0.25, 0.3) is 0 Å². The van der Waals surface area contributed by atoms with Crippen LogP contribution in [0.2, 0.25) is 0 Å². The van der Waals surface area contributed by atoms with Gasteiger partial charge in [0, 0.05) is 18.0 Å². The monoisotopic (exact) mass is 339 g/mol. The van der Waals surface area contributed by atoms with E-state index in [4.69, 9.17) is 4.74 Å². The molecule has 2 atom stereocenters. The van der Waals surface area contributed by atoms with Crippen LogP contribution < -0.4 is 5.32 Å². The summed E-state index contributed by atoms with van der Waals surface area (Å²) in [7, 11) is 3.89. The lowest BCUT2D eigenvalue weighted by Crippen LogP contribution is -2.20. The number of amides is 1. The average Bonchev–Trinajstić information content (AvgIpc) is 2.97. The average molecular weight is 339 g/mol. The number of hydrogen-bond donors (Lipinski definition) is 1. The van der Waals surface area contributed by atoms with Crippen LogP contribution in [0.3, 0.4) is 0 Å². The number of nitrogens with one attached hydrogen (secondary N) is 1. The van der Waals surface area contributed by atoms with E-state index in [1.807, 2.05) is 25.1 Å². The first-order valence-corrected chi connectivity index (χ1v) is 7.84. The lowest BCUT2D eigenvalue weighted by Gasteiger charge is -2.17. The van der Waals surface area contributed by atoms with E-state index in [1.165, 1.54) is 12.1 Å². The summed E-state index contributed by atoms with van der Waals surface area (Å²) in [6.07, 6.45) is 2.17. The Bertz CT molecular complexity index is 842. The molecule has 6 heteroatoms. The fourth-order valence-electron chi connectivity index (χ4n) is 2.62. The first-order valence-electron chi connectivity index (χ1n) is 7.84. The van der Waals surface area contributed by atoms with E-state index in [1.54, 1.807) is 24.5 Å². The largest absolute Gasteiger partial charge is 0.439 e. The number of carbonyl (C=O) groups excluding carboxylic acids is 1. The standard InChI is InChI=1S/C19H18FN3O2/c1-23(2)8-4-5-13-9-15(12-21-11-13)17-18(25-19(24)22-17)14-6-3-7-16(20)10-14/h3,6-7,9-12,17-18H,8H2,1-2H3,(H,22,24). The van der Waals surface area contributed by atoms with Gasteiger partial charge in [-0.3, -0.25) is 9.88 Å². The highest BCUT2D eigenvalue weighted by molar-refractivity contribution is 5.71. The van der Waals surface area contributed by atoms with Gasteiger partial charge < -0.3 is 10.1 Å². The van der Waals surface area contributed by atoms with Crippen molar-refractivity contribution >= 4 is 6.09 Å². The third kappa shape index (κ3) is 4.14. The summed E-state index contributed by atoms with van der Waals surface area (Å²) in [4.78, 5) is 17.9. The van der Waals surface area contributed by atoms with Crippen LogP contribution in [-0.4, -0.2) is 36.6 Å². The van der Waals surface area contributed by atoms with Gasteiger partial charge in [-0.2, -0.15) is 0 Å². The SMILES string of the molecule is CN(C)CC#Cc1cncc(C2NC(=O)OC2c2cccc(F)c2)c1. The highest BCUT2D eigenvalue weighted by Crippen LogP contribution is 2.36. The van der Waals surface area contributed by atoms with Crippen molar-refractivity contribution in [3.63, 3.8) is 0 Å². The van der Waals surface area contributed by atoms with Crippen molar-refractivity contribution < 1.29 is 13.9 Å². The van der Waals surface area contributed by atoms with E-state index in [0.29, 0.717) is 12.1 Å². The van der Waals surface area contributed by atoms with Gasteiger partial charge in [-0.05, 0) is 43.4 Å². The Morgan fingerprint density at radius 3 is 2.88 bits per heavy atom. The molecule has 1 aromatic heterocycles. The molecule has 2 unspecified atom stereocenters. The molecule has 0 aliphatic carbocycles. The van der Waals surface area contributed by atoms with Crippen LogP contribution in [0, 0.1) is 17.7 Å². The van der Waals surface area contributed by atoms with Crippen molar-refractivity contribution in [2.45, 2.75) is 12.1 Å². The Morgan fingerprint density at radius 1 is 1.28 bits per heavy atom. The molecule has 1 fully saturated rings. The van der Waals surface area contributed by atoms with E-state index in [9.17, 15) is 9.18 Å². The second-order valence-corrected chi connectivity index (χ2v) is 6.05. The number of pyridine rings is 1. The molecular weight excluding hydrogens is 321 g/mol. The summed E-state index contributed by atoms with van der Waals surface area (Å²) in [5.74, 6) is 5.72. The summed E-state index contributed by atoms with van der Waals surface area (Å²) >= 11 is 0. The Balaban J connectivity index is 1.88. The smallest absolute Gasteiger partial charge is 0.408 e. The van der Waals surface area contributed by atoms with Gasteiger partial charge in [0.1, 0.15) is 11.9 Å². The minimum Gasteiger partial charge on any atom is -0.439 e. The normalized spacial score (nSPS) is 19.1. The molecule has 2 heterocycles. The fourth-order valence-corrected chi connectivity index (χ4v) is 2.62. The Kier molecular flexibility index (Phi) is 4.96. The second-order valence-electron chi connectivity index (χ2n) is 6.05. The third-order valence-corrected chi connectivity index (χ3v) is 3.73. The van der Waals surface area contributed by atoms with Gasteiger partial charge in [-0.25, -0.2) is 9.18 Å². The van der Waals surface area contributed by atoms with Crippen molar-refractivity contribution in [1.82, 2.24) is 15.2 Å². The summed E-state index contributed by atoms with van der Waals surface area (Å²) in [6.45, 7) is 0.638. The number of carbonyl (C=O) groups is 1. The van der Waals surface area contributed by atoms with Crippen molar-refractivity contribution in [2.75, 3.05) is 20.6 Å². The van der Waals surface area contributed by atoms with E-state index in [-0.39, 0.29) is 5.82 Å². The first kappa shape index (κ1) is 16.9. The fraction of sp³-hybridized carbons (Fsp3) is 0.263. The molecule has 1 aliphatic rings. The maximum atomic E-state index is 13.5. The maximum Gasteiger partial charge on any atom is 0.408 e. The van der Waals surface area contributed by atoms with Crippen LogP contribution in [0.5, 0.6) is 0 Å². The molecule has 1 saturated heterocycles. The van der Waals surface area contributed by atoms with Gasteiger partial charge in [-0.1, -0.05) is 24.0 Å². The van der Waals surface area contributed by atoms with Crippen molar-refractivity contribution in [3.05, 3.63) is 65.2 Å². The molecular formula is C19H18FN3O2. The summed E-state index contributed by atoms with van der Waals surface area (Å²) in [5.41, 5.74) is 2.10. The number of benzene rings is 1. The predicted octanol–water partition coefficient (Wildman–Crippen LogP) is 2.66. The minimum absolute atomic E-state index is 0.374. The van der Waals surface area contributed by atoms with Gasteiger partial charge >= 0.3 is 6.09 Å². The van der Waals surface area contributed by atoms with Gasteiger partial charge in [0.15, 0.2) is 6.10 Å². The molecule has 0 radical (unpaired) electrons. The van der Waals surface area contributed by atoms with Crippen molar-refractivity contribution in [1.29, 1.82) is 0 Å². The quantitative estimate of drug-likeness (QED) is 0.874. The van der Waals surface area contributed by atoms with E-state index < -0.39 is 18.2 Å². The number of halogens is 1. The van der Waals surface area contributed by atoms with Crippen molar-refractivity contribution in [2.24, 2.45) is 0 Å². The number of cyclic esters (lactones) is 1. The van der Waals surface area contributed by atoms with E-state index >= 15 is 0 Å². The zero-order chi connectivity index (χ0) is 17.8. The van der Waals surface area contributed by atoms with Crippen LogP contribution in [0.4, 0.5) is 9.18 Å². The predicted molar refractivity (Wildman–Crippen MR) is 91.2 cm³/mol. The van der Waals surface area contributed by atoms with Gasteiger partial charge in [-0.15, -0.1) is 0 Å². The van der Waals surface area contributed by atoms with E-state index in [0.717, 1.165) is 11.1 Å². The molecule has 0 saturated carbocycles. The van der Waals surface area contributed by atoms with Crippen LogP contribution in [0.15, 0.2) is 42.7 Å². The Morgan fingerprint density at radius 2 is 2.12 bits per heavy atom. The molecule has 3 rings (SSSR count). The lowest BCUT2D eigenvalue weighted by atomic mass is 9.97. The zero-order valence-corrected chi connectivity index (χ0v) is 14.0. The lowest BCUT2D eigenvalue weighted by molar-refractivity contribution is 0.132. The molecule has 128 valence electrons. The zero-order valence-electron chi connectivity index (χ0n) is 14.0. The number of hydrogen-bond acceptors (Lipinski definition) is 4. The molecule has 1 amide bonds. The first-order chi connectivity index (χ1) is 12.0. The molecule has 2 aromatic rings.